The molecule has 2 atom stereocenters. The summed E-state index contributed by atoms with van der Waals surface area (Å²) in [5.41, 5.74) is 1.69. The van der Waals surface area contributed by atoms with Gasteiger partial charge in [0, 0.05) is 36.1 Å². The van der Waals surface area contributed by atoms with Crippen LogP contribution in [0.25, 0.3) is 10.9 Å². The second-order valence-electron chi connectivity index (χ2n) is 5.35. The molecule has 5 nitrogen and oxygen atoms in total. The van der Waals surface area contributed by atoms with E-state index in [0.29, 0.717) is 12.1 Å². The zero-order valence-electron chi connectivity index (χ0n) is 11.2. The first-order valence-corrected chi connectivity index (χ1v) is 6.62. The van der Waals surface area contributed by atoms with Gasteiger partial charge in [0.15, 0.2) is 0 Å². The van der Waals surface area contributed by atoms with Crippen molar-refractivity contribution in [3.05, 3.63) is 30.0 Å². The van der Waals surface area contributed by atoms with Crippen molar-refractivity contribution in [2.24, 2.45) is 0 Å². The molecule has 0 bridgehead atoms. The highest BCUT2D eigenvalue weighted by Crippen LogP contribution is 2.16. The molecule has 1 amide bonds. The first kappa shape index (κ1) is 12.2. The Balaban J connectivity index is 1.86. The van der Waals surface area contributed by atoms with Crippen molar-refractivity contribution in [2.75, 3.05) is 13.1 Å². The summed E-state index contributed by atoms with van der Waals surface area (Å²) in [6.45, 7) is 5.73. The van der Waals surface area contributed by atoms with Crippen molar-refractivity contribution in [1.29, 1.82) is 0 Å². The van der Waals surface area contributed by atoms with E-state index in [9.17, 15) is 4.79 Å². The molecule has 19 heavy (non-hydrogen) atoms. The molecule has 0 saturated carbocycles. The molecule has 2 N–H and O–H groups in total. The molecular weight excluding hydrogens is 240 g/mol. The Kier molecular flexibility index (Phi) is 2.98. The molecule has 1 aromatic carbocycles. The SMILES string of the molecule is C[C@@H]1CN(C(=O)c2ccc3[nH]ncc3c2)C[C@@H](C)N1. The van der Waals surface area contributed by atoms with E-state index < -0.39 is 0 Å². The van der Waals surface area contributed by atoms with Crippen LogP contribution >= 0.6 is 0 Å². The maximum Gasteiger partial charge on any atom is 0.253 e. The molecule has 100 valence electrons. The van der Waals surface area contributed by atoms with Crippen LogP contribution in [0.5, 0.6) is 0 Å². The molecule has 2 heterocycles. The lowest BCUT2D eigenvalue weighted by molar-refractivity contribution is 0.0674. The van der Waals surface area contributed by atoms with E-state index >= 15 is 0 Å². The molecule has 3 rings (SSSR count). The van der Waals surface area contributed by atoms with Gasteiger partial charge < -0.3 is 10.2 Å². The van der Waals surface area contributed by atoms with Gasteiger partial charge in [0.1, 0.15) is 0 Å². The quantitative estimate of drug-likeness (QED) is 0.812. The van der Waals surface area contributed by atoms with Gasteiger partial charge in [-0.2, -0.15) is 5.10 Å². The van der Waals surface area contributed by atoms with Crippen LogP contribution in [-0.2, 0) is 0 Å². The van der Waals surface area contributed by atoms with E-state index in [1.807, 2.05) is 23.1 Å². The number of carbonyl (C=O) groups excluding carboxylic acids is 1. The third-order valence-electron chi connectivity index (χ3n) is 3.53. The van der Waals surface area contributed by atoms with Crippen LogP contribution in [0.15, 0.2) is 24.4 Å². The van der Waals surface area contributed by atoms with E-state index in [2.05, 4.69) is 29.4 Å². The van der Waals surface area contributed by atoms with Crippen molar-refractivity contribution in [1.82, 2.24) is 20.4 Å². The number of aromatic amines is 1. The van der Waals surface area contributed by atoms with Gasteiger partial charge in [-0.1, -0.05) is 0 Å². The van der Waals surface area contributed by atoms with E-state index in [1.54, 1.807) is 6.20 Å². The zero-order valence-corrected chi connectivity index (χ0v) is 11.2. The number of carbonyl (C=O) groups is 1. The van der Waals surface area contributed by atoms with Crippen LogP contribution in [0.3, 0.4) is 0 Å². The first-order chi connectivity index (χ1) is 9.13. The Bertz CT molecular complexity index is 596. The number of rotatable bonds is 1. The van der Waals surface area contributed by atoms with Gasteiger partial charge in [0.05, 0.1) is 11.7 Å². The van der Waals surface area contributed by atoms with Gasteiger partial charge in [0.2, 0.25) is 0 Å². The monoisotopic (exact) mass is 258 g/mol. The van der Waals surface area contributed by atoms with Crippen LogP contribution in [0.1, 0.15) is 24.2 Å². The second-order valence-corrected chi connectivity index (χ2v) is 5.35. The van der Waals surface area contributed by atoms with Crippen molar-refractivity contribution in [2.45, 2.75) is 25.9 Å². The predicted molar refractivity (Wildman–Crippen MR) is 74.1 cm³/mol. The molecule has 5 heteroatoms. The Labute approximate surface area is 112 Å². The van der Waals surface area contributed by atoms with Crippen LogP contribution in [0.4, 0.5) is 0 Å². The van der Waals surface area contributed by atoms with Crippen LogP contribution in [0.2, 0.25) is 0 Å². The minimum atomic E-state index is 0.100. The van der Waals surface area contributed by atoms with Crippen LogP contribution in [0, 0.1) is 0 Å². The molecule has 0 radical (unpaired) electrons. The standard InChI is InChI=1S/C14H18N4O/c1-9-7-18(8-10(2)16-9)14(19)11-3-4-13-12(5-11)6-15-17-13/h3-6,9-10,16H,7-8H2,1-2H3,(H,15,17)/t9-,10-/m1/s1. The highest BCUT2D eigenvalue weighted by Gasteiger charge is 2.25. The summed E-state index contributed by atoms with van der Waals surface area (Å²) < 4.78 is 0. The third-order valence-corrected chi connectivity index (χ3v) is 3.53. The van der Waals surface area contributed by atoms with Gasteiger partial charge in [0.25, 0.3) is 5.91 Å². The van der Waals surface area contributed by atoms with E-state index in [4.69, 9.17) is 0 Å². The normalized spacial score (nSPS) is 23.8. The number of H-pyrrole nitrogens is 1. The number of hydrogen-bond donors (Lipinski definition) is 2. The average molecular weight is 258 g/mol. The minimum Gasteiger partial charge on any atom is -0.336 e. The third kappa shape index (κ3) is 2.33. The minimum absolute atomic E-state index is 0.100. The fraction of sp³-hybridized carbons (Fsp3) is 0.429. The van der Waals surface area contributed by atoms with E-state index in [1.165, 1.54) is 0 Å². The van der Waals surface area contributed by atoms with Crippen molar-refractivity contribution < 1.29 is 4.79 Å². The van der Waals surface area contributed by atoms with Gasteiger partial charge in [-0.05, 0) is 32.0 Å². The number of aromatic nitrogens is 2. The molecular formula is C14H18N4O. The number of amides is 1. The Morgan fingerprint density at radius 1 is 1.32 bits per heavy atom. The molecule has 0 unspecified atom stereocenters. The molecule has 1 aliphatic heterocycles. The van der Waals surface area contributed by atoms with Crippen LogP contribution < -0.4 is 5.32 Å². The lowest BCUT2D eigenvalue weighted by Crippen LogP contribution is -2.55. The van der Waals surface area contributed by atoms with E-state index in [0.717, 1.165) is 29.6 Å². The van der Waals surface area contributed by atoms with Gasteiger partial charge in [-0.3, -0.25) is 9.89 Å². The summed E-state index contributed by atoms with van der Waals surface area (Å²) in [6.07, 6.45) is 1.75. The molecule has 1 aliphatic rings. The maximum absolute atomic E-state index is 12.5. The summed E-state index contributed by atoms with van der Waals surface area (Å²) >= 11 is 0. The Morgan fingerprint density at radius 3 is 2.79 bits per heavy atom. The van der Waals surface area contributed by atoms with E-state index in [-0.39, 0.29) is 5.91 Å². The fourth-order valence-electron chi connectivity index (χ4n) is 2.75. The molecule has 0 aliphatic carbocycles. The fourth-order valence-corrected chi connectivity index (χ4v) is 2.75. The smallest absolute Gasteiger partial charge is 0.253 e. The van der Waals surface area contributed by atoms with Gasteiger partial charge in [-0.25, -0.2) is 0 Å². The molecule has 0 spiro atoms. The lowest BCUT2D eigenvalue weighted by Gasteiger charge is -2.36. The number of fused-ring (bicyclic) bond motifs is 1. The number of nitrogens with zero attached hydrogens (tertiary/aromatic N) is 2. The largest absolute Gasteiger partial charge is 0.336 e. The first-order valence-electron chi connectivity index (χ1n) is 6.62. The number of piperazine rings is 1. The Hall–Kier alpha value is -1.88. The van der Waals surface area contributed by atoms with Crippen molar-refractivity contribution >= 4 is 16.8 Å². The van der Waals surface area contributed by atoms with Crippen molar-refractivity contribution in [3.63, 3.8) is 0 Å². The summed E-state index contributed by atoms with van der Waals surface area (Å²) in [4.78, 5) is 14.4. The van der Waals surface area contributed by atoms with Crippen molar-refractivity contribution in [3.8, 4) is 0 Å². The number of benzene rings is 1. The Morgan fingerprint density at radius 2 is 2.05 bits per heavy atom. The summed E-state index contributed by atoms with van der Waals surface area (Å²) in [7, 11) is 0. The highest BCUT2D eigenvalue weighted by molar-refractivity contribution is 5.98. The van der Waals surface area contributed by atoms with Gasteiger partial charge >= 0.3 is 0 Å². The second kappa shape index (κ2) is 4.66. The zero-order chi connectivity index (χ0) is 13.4. The highest BCUT2D eigenvalue weighted by atomic mass is 16.2. The number of hydrogen-bond acceptors (Lipinski definition) is 3. The topological polar surface area (TPSA) is 61.0 Å². The summed E-state index contributed by atoms with van der Waals surface area (Å²) in [5.74, 6) is 0.100. The average Bonchev–Trinajstić information content (AvgIpc) is 2.83. The molecule has 1 fully saturated rings. The predicted octanol–water partition coefficient (Wildman–Crippen LogP) is 1.39. The molecule has 2 aromatic rings. The lowest BCUT2D eigenvalue weighted by atomic mass is 10.1. The maximum atomic E-state index is 12.5. The number of nitrogens with one attached hydrogen (secondary N) is 2. The summed E-state index contributed by atoms with van der Waals surface area (Å²) in [5, 5.41) is 11.3. The van der Waals surface area contributed by atoms with Gasteiger partial charge in [-0.15, -0.1) is 0 Å². The summed E-state index contributed by atoms with van der Waals surface area (Å²) in [6, 6.07) is 6.35. The van der Waals surface area contributed by atoms with Crippen LogP contribution in [-0.4, -0.2) is 46.2 Å². The molecule has 1 aromatic heterocycles. The molecule has 1 saturated heterocycles.